The molecule has 0 bridgehead atoms. The van der Waals surface area contributed by atoms with E-state index < -0.39 is 17.9 Å². The number of nitrogens with two attached hydrogens (primary N) is 1. The topological polar surface area (TPSA) is 124 Å². The zero-order valence-electron chi connectivity index (χ0n) is 18.7. The van der Waals surface area contributed by atoms with Gasteiger partial charge in [0, 0.05) is 12.4 Å². The summed E-state index contributed by atoms with van der Waals surface area (Å²) in [5, 5.41) is 18.3. The number of hydrogen-bond acceptors (Lipinski definition) is 7. The maximum atomic E-state index is 10.7. The minimum Gasteiger partial charge on any atom is -0.506 e. The summed E-state index contributed by atoms with van der Waals surface area (Å²) in [6, 6.07) is 16.0. The van der Waals surface area contributed by atoms with Crippen LogP contribution in [0, 0.1) is 12.8 Å². The number of carbonyl (C=O) groups is 2. The van der Waals surface area contributed by atoms with Crippen molar-refractivity contribution in [2.75, 3.05) is 20.0 Å². The molecule has 3 rings (SSSR count). The van der Waals surface area contributed by atoms with E-state index in [1.165, 1.54) is 19.8 Å². The summed E-state index contributed by atoms with van der Waals surface area (Å²) in [4.78, 5) is 21.3. The van der Waals surface area contributed by atoms with Gasteiger partial charge >= 0.3 is 11.9 Å². The monoisotopic (exact) mass is 442 g/mol. The van der Waals surface area contributed by atoms with Gasteiger partial charge in [-0.25, -0.2) is 0 Å². The number of rotatable bonds is 4. The lowest BCUT2D eigenvalue weighted by Gasteiger charge is -2.05. The molecule has 8 nitrogen and oxygen atoms in total. The van der Waals surface area contributed by atoms with Crippen molar-refractivity contribution in [2.24, 2.45) is 5.92 Å². The van der Waals surface area contributed by atoms with Crippen LogP contribution in [0.5, 0.6) is 11.5 Å². The zero-order chi connectivity index (χ0) is 24.1. The quantitative estimate of drug-likeness (QED) is 0.319. The summed E-state index contributed by atoms with van der Waals surface area (Å²) in [6.07, 6.45) is 3.99. The Morgan fingerprint density at radius 3 is 2.00 bits per heavy atom. The predicted octanol–water partition coefficient (Wildman–Crippen LogP) is 3.82. The van der Waals surface area contributed by atoms with Crippen LogP contribution in [0.1, 0.15) is 18.9 Å². The number of aryl methyl sites for hydroxylation is 1. The number of ether oxygens (including phenoxy) is 2. The SMILES string of the molecule is COC(=O)CC(C)C(=O)OC.Cc1ccn(-c2ccccc2O)c1.Nc1ccccc1O. The van der Waals surface area contributed by atoms with Gasteiger partial charge in [0.15, 0.2) is 0 Å². The number of phenols is 2. The van der Waals surface area contributed by atoms with Crippen LogP contribution in [0.15, 0.2) is 67.0 Å². The molecule has 0 fully saturated rings. The highest BCUT2D eigenvalue weighted by Gasteiger charge is 2.17. The number of aromatic hydroxyl groups is 2. The van der Waals surface area contributed by atoms with Crippen LogP contribution in [0.4, 0.5) is 5.69 Å². The van der Waals surface area contributed by atoms with Crippen LogP contribution < -0.4 is 5.73 Å². The van der Waals surface area contributed by atoms with Crippen molar-refractivity contribution in [2.45, 2.75) is 20.3 Å². The smallest absolute Gasteiger partial charge is 0.308 e. The number of para-hydroxylation sites is 4. The van der Waals surface area contributed by atoms with E-state index in [0.29, 0.717) is 11.4 Å². The number of carbonyl (C=O) groups excluding carboxylic acids is 2. The molecule has 0 saturated heterocycles. The fraction of sp³-hybridized carbons (Fsp3) is 0.250. The summed E-state index contributed by atoms with van der Waals surface area (Å²) >= 11 is 0. The molecule has 0 aliphatic carbocycles. The molecule has 3 aromatic rings. The van der Waals surface area contributed by atoms with Crippen molar-refractivity contribution in [3.63, 3.8) is 0 Å². The summed E-state index contributed by atoms with van der Waals surface area (Å²) in [6.45, 7) is 3.64. The second kappa shape index (κ2) is 13.4. The molecule has 0 radical (unpaired) electrons. The van der Waals surface area contributed by atoms with Gasteiger partial charge in [-0.15, -0.1) is 0 Å². The number of aromatic nitrogens is 1. The van der Waals surface area contributed by atoms with Gasteiger partial charge in [0.1, 0.15) is 11.5 Å². The number of methoxy groups -OCH3 is 2. The van der Waals surface area contributed by atoms with Gasteiger partial charge in [-0.2, -0.15) is 0 Å². The average Bonchev–Trinajstić information content (AvgIpc) is 3.22. The number of phenolic OH excluding ortho intramolecular Hbond substituents is 2. The second-order valence-electron chi connectivity index (χ2n) is 6.85. The van der Waals surface area contributed by atoms with Gasteiger partial charge < -0.3 is 30.0 Å². The molecule has 4 N–H and O–H groups in total. The molecule has 8 heteroatoms. The van der Waals surface area contributed by atoms with E-state index in [1.54, 1.807) is 37.3 Å². The predicted molar refractivity (Wildman–Crippen MR) is 123 cm³/mol. The fourth-order valence-electron chi connectivity index (χ4n) is 2.44. The van der Waals surface area contributed by atoms with E-state index in [2.05, 4.69) is 9.47 Å². The molecule has 0 spiro atoms. The van der Waals surface area contributed by atoms with Crippen molar-refractivity contribution in [1.29, 1.82) is 0 Å². The Labute approximate surface area is 187 Å². The molecule has 0 aliphatic rings. The molecular formula is C24H30N2O6. The highest BCUT2D eigenvalue weighted by Crippen LogP contribution is 2.21. The van der Waals surface area contributed by atoms with Crippen molar-refractivity contribution < 1.29 is 29.3 Å². The molecule has 1 unspecified atom stereocenters. The third-order valence-corrected chi connectivity index (χ3v) is 4.24. The molecular weight excluding hydrogens is 412 g/mol. The Balaban J connectivity index is 0.000000247. The number of nitrogen functional groups attached to an aromatic ring is 1. The van der Waals surface area contributed by atoms with E-state index in [9.17, 15) is 14.7 Å². The summed E-state index contributed by atoms with van der Waals surface area (Å²) in [5.41, 5.74) is 7.69. The van der Waals surface area contributed by atoms with Crippen LogP contribution in [-0.4, -0.2) is 40.9 Å². The molecule has 0 aliphatic heterocycles. The van der Waals surface area contributed by atoms with Gasteiger partial charge in [-0.05, 0) is 42.8 Å². The molecule has 0 amide bonds. The molecule has 1 aromatic heterocycles. The Kier molecular flexibility index (Phi) is 10.9. The lowest BCUT2D eigenvalue weighted by molar-refractivity contribution is -0.151. The standard InChI is InChI=1S/C11H11NO.C7H12O4.C6H7NO/c1-9-6-7-12(8-9)10-4-2-3-5-11(10)13;1-5(7(9)11-3)4-6(8)10-2;7-5-3-1-2-4-6(5)8/h2-8,13H,1H3;5H,4H2,1-3H3;1-4,8H,7H2. The lowest BCUT2D eigenvalue weighted by Crippen LogP contribution is -2.17. The number of benzene rings is 2. The number of nitrogens with zero attached hydrogens (tertiary/aromatic N) is 1. The first-order valence-electron chi connectivity index (χ1n) is 9.80. The number of hydrogen-bond donors (Lipinski definition) is 3. The summed E-state index contributed by atoms with van der Waals surface area (Å²) in [7, 11) is 2.57. The molecule has 2 aromatic carbocycles. The van der Waals surface area contributed by atoms with Crippen molar-refractivity contribution in [3.8, 4) is 17.2 Å². The van der Waals surface area contributed by atoms with Gasteiger partial charge in [-0.1, -0.05) is 31.2 Å². The van der Waals surface area contributed by atoms with Gasteiger partial charge in [0.25, 0.3) is 0 Å². The third-order valence-electron chi connectivity index (χ3n) is 4.24. The molecule has 0 saturated carbocycles. The largest absolute Gasteiger partial charge is 0.506 e. The second-order valence-corrected chi connectivity index (χ2v) is 6.85. The first-order chi connectivity index (χ1) is 15.2. The van der Waals surface area contributed by atoms with Crippen LogP contribution in [0.2, 0.25) is 0 Å². The molecule has 32 heavy (non-hydrogen) atoms. The molecule has 172 valence electrons. The first kappa shape index (κ1) is 26.1. The number of esters is 2. The van der Waals surface area contributed by atoms with E-state index in [1.807, 2.05) is 48.1 Å². The van der Waals surface area contributed by atoms with E-state index in [0.717, 1.165) is 5.69 Å². The Morgan fingerprint density at radius 2 is 1.56 bits per heavy atom. The van der Waals surface area contributed by atoms with Gasteiger partial charge in [0.05, 0.1) is 37.9 Å². The summed E-state index contributed by atoms with van der Waals surface area (Å²) in [5.74, 6) is -0.767. The van der Waals surface area contributed by atoms with Crippen LogP contribution >= 0.6 is 0 Å². The van der Waals surface area contributed by atoms with Crippen LogP contribution in [0.25, 0.3) is 5.69 Å². The Bertz CT molecular complexity index is 978. The van der Waals surface area contributed by atoms with Gasteiger partial charge in [0.2, 0.25) is 0 Å². The van der Waals surface area contributed by atoms with Crippen LogP contribution in [0.3, 0.4) is 0 Å². The highest BCUT2D eigenvalue weighted by atomic mass is 16.5. The zero-order valence-corrected chi connectivity index (χ0v) is 18.7. The van der Waals surface area contributed by atoms with Crippen molar-refractivity contribution in [3.05, 3.63) is 72.6 Å². The summed E-state index contributed by atoms with van der Waals surface area (Å²) < 4.78 is 10.7. The molecule has 1 heterocycles. The highest BCUT2D eigenvalue weighted by molar-refractivity contribution is 5.79. The van der Waals surface area contributed by atoms with Gasteiger partial charge in [-0.3, -0.25) is 9.59 Å². The van der Waals surface area contributed by atoms with E-state index >= 15 is 0 Å². The Hall–Kier alpha value is -3.94. The third kappa shape index (κ3) is 8.83. The van der Waals surface area contributed by atoms with Crippen LogP contribution in [-0.2, 0) is 19.1 Å². The van der Waals surface area contributed by atoms with Crippen molar-refractivity contribution >= 4 is 17.6 Å². The van der Waals surface area contributed by atoms with E-state index in [-0.39, 0.29) is 12.2 Å². The average molecular weight is 443 g/mol. The fourth-order valence-corrected chi connectivity index (χ4v) is 2.44. The number of anilines is 1. The Morgan fingerprint density at radius 1 is 0.969 bits per heavy atom. The maximum absolute atomic E-state index is 10.7. The van der Waals surface area contributed by atoms with Crippen molar-refractivity contribution in [1.82, 2.24) is 4.57 Å². The molecule has 1 atom stereocenters. The minimum absolute atomic E-state index is 0.0726. The normalized spacial score (nSPS) is 10.5. The lowest BCUT2D eigenvalue weighted by atomic mass is 10.1. The first-order valence-corrected chi connectivity index (χ1v) is 9.80. The maximum Gasteiger partial charge on any atom is 0.308 e. The minimum atomic E-state index is -0.424. The van der Waals surface area contributed by atoms with E-state index in [4.69, 9.17) is 10.8 Å².